The van der Waals surface area contributed by atoms with Gasteiger partial charge in [0, 0.05) is 43.5 Å². The summed E-state index contributed by atoms with van der Waals surface area (Å²) in [6, 6.07) is 75.6. The maximum Gasteiger partial charge on any atom is 0.144 e. The molecular weight excluding hydrogens is 849 g/mol. The highest BCUT2D eigenvalue weighted by atomic mass is 16.3. The van der Waals surface area contributed by atoms with Crippen molar-refractivity contribution in [3.05, 3.63) is 229 Å². The van der Waals surface area contributed by atoms with Crippen LogP contribution in [0.5, 0.6) is 0 Å². The van der Waals surface area contributed by atoms with Crippen LogP contribution >= 0.6 is 0 Å². The van der Waals surface area contributed by atoms with Gasteiger partial charge in [-0.3, -0.25) is 0 Å². The van der Waals surface area contributed by atoms with E-state index in [1.807, 2.05) is 0 Å². The molecule has 0 spiro atoms. The smallest absolute Gasteiger partial charge is 0.144 e. The molecule has 0 amide bonds. The first-order valence-electron chi connectivity index (χ1n) is 24.6. The molecule has 2 heterocycles. The Morgan fingerprint density at radius 1 is 0.286 bits per heavy atom. The van der Waals surface area contributed by atoms with E-state index in [0.29, 0.717) is 0 Å². The molecule has 15 rings (SSSR count). The van der Waals surface area contributed by atoms with Gasteiger partial charge in [0.15, 0.2) is 0 Å². The molecule has 2 heteroatoms. The summed E-state index contributed by atoms with van der Waals surface area (Å²) >= 11 is 0. The number of hydrogen-bond donors (Lipinski definition) is 0. The van der Waals surface area contributed by atoms with Crippen LogP contribution in [0.1, 0.15) is 49.9 Å². The summed E-state index contributed by atoms with van der Waals surface area (Å²) < 4.78 is 14.2. The Labute approximate surface area is 406 Å². The van der Waals surface area contributed by atoms with E-state index in [9.17, 15) is 0 Å². The lowest BCUT2D eigenvalue weighted by molar-refractivity contribution is 0.601. The highest BCUT2D eigenvalue weighted by Crippen LogP contribution is 2.63. The van der Waals surface area contributed by atoms with E-state index in [0.717, 1.165) is 38.7 Å². The summed E-state index contributed by atoms with van der Waals surface area (Å²) in [7, 11) is 0. The molecule has 0 fully saturated rings. The fourth-order valence-electron chi connectivity index (χ4n) is 13.1. The lowest BCUT2D eigenvalue weighted by Crippen LogP contribution is -2.24. The van der Waals surface area contributed by atoms with E-state index in [1.165, 1.54) is 116 Å². The van der Waals surface area contributed by atoms with Gasteiger partial charge in [0.2, 0.25) is 0 Å². The van der Waals surface area contributed by atoms with Gasteiger partial charge >= 0.3 is 0 Å². The third kappa shape index (κ3) is 5.18. The molecule has 2 aliphatic carbocycles. The van der Waals surface area contributed by atoms with E-state index in [-0.39, 0.29) is 10.8 Å². The molecule has 2 nitrogen and oxygen atoms in total. The number of furan rings is 2. The fourth-order valence-corrected chi connectivity index (χ4v) is 13.1. The van der Waals surface area contributed by atoms with Crippen LogP contribution in [0.25, 0.3) is 132 Å². The maximum atomic E-state index is 7.17. The highest BCUT2D eigenvalue weighted by Gasteiger charge is 2.48. The molecule has 0 radical (unpaired) electrons. The van der Waals surface area contributed by atoms with Gasteiger partial charge in [0.1, 0.15) is 22.3 Å². The SMILES string of the molecule is CC1(C)c2cc(-c3ccc(-c4ccccc4)c4ccccc34)c3c(oc4ccccc43)c2-c2ccc3c(c21)C(C)(C)c1cc(-c2ccc(-c4ccccc4)c4ccccc24)c2oc4ccccc4c2c1-3. The van der Waals surface area contributed by atoms with Crippen molar-refractivity contribution in [2.24, 2.45) is 0 Å². The number of rotatable bonds is 4. The fraction of sp³-hybridized carbons (Fsp3) is 0.0882. The van der Waals surface area contributed by atoms with Crippen LogP contribution in [0.4, 0.5) is 0 Å². The van der Waals surface area contributed by atoms with E-state index < -0.39 is 0 Å². The minimum absolute atomic E-state index is 0.365. The van der Waals surface area contributed by atoms with Crippen molar-refractivity contribution in [2.45, 2.75) is 38.5 Å². The molecule has 0 bridgehead atoms. The normalized spacial score (nSPS) is 14.2. The van der Waals surface area contributed by atoms with E-state index in [2.05, 4.69) is 234 Å². The van der Waals surface area contributed by atoms with Gasteiger partial charge in [-0.2, -0.15) is 0 Å². The standard InChI is InChI=1S/C68H46O2/c1-67(2)55-38-54(48-34-32-42(40-21-9-6-10-22-40)44-24-12-14-26-46(44)48)65-62(50-28-16-18-30-58(50)69-65)60(55)51-35-36-52-61-56(68(3,4)64(52)63(51)67)37-53(59-49-27-15-17-29-57(49)70-66(59)61)47-33-31-41(39-19-7-5-8-20-39)43-23-11-13-25-45(43)47/h5-38H,1-4H3. The van der Waals surface area contributed by atoms with Crippen molar-refractivity contribution in [1.82, 2.24) is 0 Å². The summed E-state index contributed by atoms with van der Waals surface area (Å²) in [5.74, 6) is 0. The topological polar surface area (TPSA) is 26.3 Å². The summed E-state index contributed by atoms with van der Waals surface area (Å²) in [6.07, 6.45) is 0. The molecule has 0 atom stereocenters. The molecule has 330 valence electrons. The van der Waals surface area contributed by atoms with E-state index >= 15 is 0 Å². The number of hydrogen-bond acceptors (Lipinski definition) is 2. The van der Waals surface area contributed by atoms with Gasteiger partial charge < -0.3 is 8.83 Å². The Balaban J connectivity index is 0.989. The summed E-state index contributed by atoms with van der Waals surface area (Å²) in [5.41, 5.74) is 23.0. The van der Waals surface area contributed by atoms with Gasteiger partial charge in [-0.25, -0.2) is 0 Å². The molecule has 11 aromatic carbocycles. The quantitative estimate of drug-likeness (QED) is 0.176. The minimum Gasteiger partial charge on any atom is -0.455 e. The molecule has 2 aromatic heterocycles. The van der Waals surface area contributed by atoms with Gasteiger partial charge in [0.25, 0.3) is 0 Å². The average Bonchev–Trinajstić information content (AvgIpc) is 4.11. The first-order valence-corrected chi connectivity index (χ1v) is 24.6. The second-order valence-electron chi connectivity index (χ2n) is 20.6. The second kappa shape index (κ2) is 14.1. The van der Waals surface area contributed by atoms with Crippen LogP contribution in [-0.4, -0.2) is 0 Å². The Hall–Kier alpha value is -8.46. The first-order chi connectivity index (χ1) is 34.3. The summed E-state index contributed by atoms with van der Waals surface area (Å²) in [6.45, 7) is 9.80. The van der Waals surface area contributed by atoms with E-state index in [1.54, 1.807) is 0 Å². The Kier molecular flexibility index (Phi) is 7.94. The number of fused-ring (bicyclic) bond motifs is 17. The zero-order valence-electron chi connectivity index (χ0n) is 39.4. The van der Waals surface area contributed by atoms with Gasteiger partial charge in [-0.05, 0) is 124 Å². The monoisotopic (exact) mass is 894 g/mol. The van der Waals surface area contributed by atoms with Crippen LogP contribution in [0.15, 0.2) is 215 Å². The van der Waals surface area contributed by atoms with Crippen molar-refractivity contribution >= 4 is 65.4 Å². The van der Waals surface area contributed by atoms with Crippen LogP contribution in [0, 0.1) is 0 Å². The molecule has 0 unspecified atom stereocenters. The Morgan fingerprint density at radius 3 is 1.20 bits per heavy atom. The molecule has 0 N–H and O–H groups in total. The molecule has 0 aliphatic heterocycles. The van der Waals surface area contributed by atoms with Crippen molar-refractivity contribution < 1.29 is 8.83 Å². The third-order valence-corrected chi connectivity index (χ3v) is 16.2. The molecule has 0 saturated carbocycles. The van der Waals surface area contributed by atoms with Crippen LogP contribution < -0.4 is 0 Å². The lowest BCUT2D eigenvalue weighted by Gasteiger charge is -2.31. The van der Waals surface area contributed by atoms with Crippen molar-refractivity contribution in [2.75, 3.05) is 0 Å². The molecule has 2 aliphatic rings. The minimum atomic E-state index is -0.374. The lowest BCUT2D eigenvalue weighted by atomic mass is 9.72. The molecule has 70 heavy (non-hydrogen) atoms. The molecule has 13 aromatic rings. The zero-order valence-corrected chi connectivity index (χ0v) is 39.4. The van der Waals surface area contributed by atoms with E-state index in [4.69, 9.17) is 8.83 Å². The number of para-hydroxylation sites is 2. The number of benzene rings is 11. The Morgan fingerprint density at radius 2 is 0.657 bits per heavy atom. The van der Waals surface area contributed by atoms with Crippen molar-refractivity contribution in [3.8, 4) is 66.8 Å². The second-order valence-corrected chi connectivity index (χ2v) is 20.6. The van der Waals surface area contributed by atoms with Crippen LogP contribution in [-0.2, 0) is 10.8 Å². The molecular formula is C68H46O2. The van der Waals surface area contributed by atoms with Crippen LogP contribution in [0.3, 0.4) is 0 Å². The largest absolute Gasteiger partial charge is 0.455 e. The van der Waals surface area contributed by atoms with Crippen LogP contribution in [0.2, 0.25) is 0 Å². The highest BCUT2D eigenvalue weighted by molar-refractivity contribution is 6.23. The molecule has 0 saturated heterocycles. The zero-order chi connectivity index (χ0) is 46.6. The maximum absolute atomic E-state index is 7.17. The van der Waals surface area contributed by atoms with Crippen molar-refractivity contribution in [3.63, 3.8) is 0 Å². The summed E-state index contributed by atoms with van der Waals surface area (Å²) in [5, 5.41) is 9.55. The van der Waals surface area contributed by atoms with Gasteiger partial charge in [-0.1, -0.05) is 210 Å². The predicted molar refractivity (Wildman–Crippen MR) is 293 cm³/mol. The summed E-state index contributed by atoms with van der Waals surface area (Å²) in [4.78, 5) is 0. The van der Waals surface area contributed by atoms with Crippen molar-refractivity contribution in [1.29, 1.82) is 0 Å². The van der Waals surface area contributed by atoms with Gasteiger partial charge in [-0.15, -0.1) is 0 Å². The Bertz CT molecular complexity index is 4390. The average molecular weight is 895 g/mol. The predicted octanol–water partition coefficient (Wildman–Crippen LogP) is 19.1. The first kappa shape index (κ1) is 39.5. The third-order valence-electron chi connectivity index (χ3n) is 16.2. The van der Waals surface area contributed by atoms with Gasteiger partial charge in [0.05, 0.1) is 0 Å².